The van der Waals surface area contributed by atoms with Gasteiger partial charge in [0.1, 0.15) is 0 Å². The van der Waals surface area contributed by atoms with Crippen LogP contribution in [0.5, 0.6) is 0 Å². The molecule has 0 saturated carbocycles. The maximum atomic E-state index is 4.16. The molecule has 0 radical (unpaired) electrons. The van der Waals surface area contributed by atoms with Gasteiger partial charge in [-0.25, -0.2) is 5.10 Å². The van der Waals surface area contributed by atoms with E-state index in [2.05, 4.69) is 33.9 Å². The van der Waals surface area contributed by atoms with E-state index in [1.165, 1.54) is 6.33 Å². The first-order chi connectivity index (χ1) is 5.79. The molecule has 0 aromatic carbocycles. The molecule has 5 nitrogen and oxygen atoms in total. The highest BCUT2D eigenvalue weighted by Crippen LogP contribution is 2.03. The summed E-state index contributed by atoms with van der Waals surface area (Å²) in [7, 11) is 0. The molecule has 2 aromatic rings. The van der Waals surface area contributed by atoms with Gasteiger partial charge in [0.05, 0.1) is 0 Å². The summed E-state index contributed by atoms with van der Waals surface area (Å²) < 4.78 is 1.78. The molecule has 12 heavy (non-hydrogen) atoms. The maximum Gasteiger partial charge on any atom is 0.410 e. The Morgan fingerprint density at radius 1 is 1.33 bits per heavy atom. The second kappa shape index (κ2) is 2.51. The van der Waals surface area contributed by atoms with Crippen molar-refractivity contribution in [2.45, 2.75) is 19.8 Å². The molecule has 0 aliphatic carbocycles. The van der Waals surface area contributed by atoms with Gasteiger partial charge < -0.3 is 0 Å². The minimum Gasteiger partial charge on any atom is -0.231 e. The van der Waals surface area contributed by atoms with E-state index in [0.29, 0.717) is 11.7 Å². The number of aromatic amines is 1. The van der Waals surface area contributed by atoms with Crippen molar-refractivity contribution < 1.29 is 4.52 Å². The molecule has 5 heteroatoms. The van der Waals surface area contributed by atoms with Crippen molar-refractivity contribution in [3.05, 3.63) is 18.5 Å². The van der Waals surface area contributed by atoms with Crippen molar-refractivity contribution in [2.75, 3.05) is 0 Å². The molecule has 0 aliphatic heterocycles. The highest BCUT2D eigenvalue weighted by atomic mass is 15.3. The number of hydrogen-bond acceptors (Lipinski definition) is 3. The zero-order chi connectivity index (χ0) is 8.55. The van der Waals surface area contributed by atoms with Crippen molar-refractivity contribution in [2.24, 2.45) is 0 Å². The van der Waals surface area contributed by atoms with Gasteiger partial charge in [-0.15, -0.1) is 9.50 Å². The molecule has 1 N–H and O–H groups in total. The molecule has 0 aliphatic rings. The number of nitrogens with zero attached hydrogens (tertiary/aromatic N) is 4. The van der Waals surface area contributed by atoms with E-state index in [1.54, 1.807) is 10.8 Å². The van der Waals surface area contributed by atoms with Crippen LogP contribution >= 0.6 is 0 Å². The predicted molar refractivity (Wildman–Crippen MR) is 41.4 cm³/mol. The molecule has 62 valence electrons. The summed E-state index contributed by atoms with van der Waals surface area (Å²) in [6, 6.07) is 0. The number of nitrogens with one attached hydrogen (secondary N) is 1. The van der Waals surface area contributed by atoms with Gasteiger partial charge in [-0.2, -0.15) is 0 Å². The second-order valence-corrected chi connectivity index (χ2v) is 2.91. The monoisotopic (exact) mass is 164 g/mol. The minimum absolute atomic E-state index is 0.362. The van der Waals surface area contributed by atoms with Gasteiger partial charge in [-0.05, 0) is 0 Å². The third-order valence-corrected chi connectivity index (χ3v) is 1.68. The average molecular weight is 164 g/mol. The first-order valence-corrected chi connectivity index (χ1v) is 3.85. The van der Waals surface area contributed by atoms with E-state index in [0.717, 1.165) is 5.82 Å². The lowest BCUT2D eigenvalue weighted by Gasteiger charge is -1.97. The highest BCUT2D eigenvalue weighted by molar-refractivity contribution is 5.10. The van der Waals surface area contributed by atoms with Gasteiger partial charge in [0.25, 0.3) is 0 Å². The second-order valence-electron chi connectivity index (χ2n) is 2.91. The van der Waals surface area contributed by atoms with E-state index < -0.39 is 0 Å². The summed E-state index contributed by atoms with van der Waals surface area (Å²) in [6.45, 7) is 4.16. The van der Waals surface area contributed by atoms with Crippen molar-refractivity contribution in [1.29, 1.82) is 0 Å². The first kappa shape index (κ1) is 7.15. The van der Waals surface area contributed by atoms with Gasteiger partial charge in [0.15, 0.2) is 6.33 Å². The van der Waals surface area contributed by atoms with Crippen LogP contribution in [-0.2, 0) is 0 Å². The Kier molecular flexibility index (Phi) is 1.49. The molecule has 0 saturated heterocycles. The predicted octanol–water partition coefficient (Wildman–Crippen LogP) is 0.0618. The van der Waals surface area contributed by atoms with Crippen molar-refractivity contribution in [3.63, 3.8) is 0 Å². The first-order valence-electron chi connectivity index (χ1n) is 3.85. The maximum absolute atomic E-state index is 4.16. The molecule has 0 amide bonds. The average Bonchev–Trinajstić information content (AvgIpc) is 2.49. The third kappa shape index (κ3) is 0.939. The number of rotatable bonds is 1. The number of hydrogen-bond donors (Lipinski definition) is 1. The van der Waals surface area contributed by atoms with Crippen molar-refractivity contribution in [1.82, 2.24) is 20.1 Å². The zero-order valence-corrected chi connectivity index (χ0v) is 7.02. The topological polar surface area (TPSA) is 58.6 Å². The van der Waals surface area contributed by atoms with Crippen LogP contribution < -0.4 is 4.52 Å². The van der Waals surface area contributed by atoms with E-state index in [-0.39, 0.29) is 0 Å². The Balaban J connectivity index is 2.73. The summed E-state index contributed by atoms with van der Waals surface area (Å²) in [4.78, 5) is 12.2. The molecule has 0 fully saturated rings. The van der Waals surface area contributed by atoms with Gasteiger partial charge in [-0.3, -0.25) is 0 Å². The van der Waals surface area contributed by atoms with Crippen LogP contribution in [0.25, 0.3) is 5.78 Å². The van der Waals surface area contributed by atoms with Crippen LogP contribution in [0.2, 0.25) is 0 Å². The Hall–Kier alpha value is -1.52. The molecule has 0 atom stereocenters. The summed E-state index contributed by atoms with van der Waals surface area (Å²) >= 11 is 0. The quantitative estimate of drug-likeness (QED) is 0.606. The molecule has 2 aromatic heterocycles. The van der Waals surface area contributed by atoms with Crippen LogP contribution in [0, 0.1) is 0 Å². The Bertz CT molecular complexity index is 391. The molecular formula is C7H10N5+. The normalized spacial score (nSPS) is 11.2. The van der Waals surface area contributed by atoms with Crippen molar-refractivity contribution in [3.8, 4) is 0 Å². The molecule has 0 unspecified atom stereocenters. The lowest BCUT2D eigenvalue weighted by molar-refractivity contribution is -0.593. The van der Waals surface area contributed by atoms with Gasteiger partial charge in [0.2, 0.25) is 12.2 Å². The largest absolute Gasteiger partial charge is 0.410 e. The van der Waals surface area contributed by atoms with Gasteiger partial charge in [0, 0.05) is 5.92 Å². The van der Waals surface area contributed by atoms with Crippen molar-refractivity contribution >= 4 is 5.78 Å². The lowest BCUT2D eigenvalue weighted by Crippen LogP contribution is -2.32. The fraction of sp³-hybridized carbons (Fsp3) is 0.429. The molecule has 0 bridgehead atoms. The van der Waals surface area contributed by atoms with E-state index in [1.807, 2.05) is 0 Å². The van der Waals surface area contributed by atoms with Crippen LogP contribution in [0.4, 0.5) is 0 Å². The molecule has 2 rings (SSSR count). The minimum atomic E-state index is 0.362. The number of aromatic nitrogens is 5. The standard InChI is InChI=1S/C7H9N5/c1-5(2)6-8-3-9-7-10-4-11-12(6)7/h3-5H,1-2H3/p+1. The highest BCUT2D eigenvalue weighted by Gasteiger charge is 2.14. The smallest absolute Gasteiger partial charge is 0.231 e. The fourth-order valence-electron chi connectivity index (χ4n) is 1.12. The Morgan fingerprint density at radius 3 is 2.92 bits per heavy atom. The summed E-state index contributed by atoms with van der Waals surface area (Å²) in [6.07, 6.45) is 3.14. The van der Waals surface area contributed by atoms with Crippen LogP contribution in [-0.4, -0.2) is 20.1 Å². The summed E-state index contributed by atoms with van der Waals surface area (Å²) in [5.74, 6) is 1.96. The zero-order valence-electron chi connectivity index (χ0n) is 7.02. The molecular weight excluding hydrogens is 154 g/mol. The van der Waals surface area contributed by atoms with E-state index >= 15 is 0 Å². The number of H-pyrrole nitrogens is 1. The lowest BCUT2D eigenvalue weighted by atomic mass is 10.2. The van der Waals surface area contributed by atoms with Gasteiger partial charge >= 0.3 is 5.78 Å². The third-order valence-electron chi connectivity index (χ3n) is 1.68. The van der Waals surface area contributed by atoms with Gasteiger partial charge in [-0.1, -0.05) is 23.8 Å². The molecule has 2 heterocycles. The fourth-order valence-corrected chi connectivity index (χ4v) is 1.12. The van der Waals surface area contributed by atoms with E-state index in [4.69, 9.17) is 0 Å². The summed E-state index contributed by atoms with van der Waals surface area (Å²) in [5.41, 5.74) is 0. The Morgan fingerprint density at radius 2 is 2.17 bits per heavy atom. The SMILES string of the molecule is CC(C)c1ncnc2nc[nH][n+]12. The Labute approximate surface area is 69.5 Å². The van der Waals surface area contributed by atoms with Crippen LogP contribution in [0.15, 0.2) is 12.7 Å². The van der Waals surface area contributed by atoms with Crippen LogP contribution in [0.3, 0.4) is 0 Å². The van der Waals surface area contributed by atoms with E-state index in [9.17, 15) is 0 Å². The molecule has 0 spiro atoms. The summed E-state index contributed by atoms with van der Waals surface area (Å²) in [5, 5.41) is 2.95. The number of fused-ring (bicyclic) bond motifs is 1. The van der Waals surface area contributed by atoms with Crippen LogP contribution in [0.1, 0.15) is 25.6 Å².